The molecule has 2 aromatic rings. The number of methoxy groups -OCH3 is 1. The summed E-state index contributed by atoms with van der Waals surface area (Å²) in [6.07, 6.45) is 0. The number of ether oxygens (including phenoxy) is 2. The van der Waals surface area contributed by atoms with Crippen LogP contribution in [-0.4, -0.2) is 32.6 Å². The van der Waals surface area contributed by atoms with Crippen LogP contribution in [0.4, 0.5) is 5.69 Å². The zero-order chi connectivity index (χ0) is 19.3. The Labute approximate surface area is 155 Å². The molecule has 0 aliphatic heterocycles. The van der Waals surface area contributed by atoms with E-state index in [2.05, 4.69) is 0 Å². The highest BCUT2D eigenvalue weighted by molar-refractivity contribution is 6.32. The minimum absolute atomic E-state index is 0.105. The third kappa shape index (κ3) is 4.23. The van der Waals surface area contributed by atoms with Crippen molar-refractivity contribution in [3.05, 3.63) is 52.5 Å². The molecule has 0 aliphatic rings. The van der Waals surface area contributed by atoms with Gasteiger partial charge in [0.1, 0.15) is 0 Å². The minimum atomic E-state index is -0.666. The molecule has 134 valence electrons. The average molecular weight is 374 g/mol. The molecule has 2 aromatic carbocycles. The molecule has 7 nitrogen and oxygen atoms in total. The standard InChI is InChI=1S/C18H16ClN3O4/c1-22(13-5-3-4-11(6-13)9-20)18(24)12-7-14(19)17(15(8-12)25-2)26-10-16(21)23/h3-8H,10H2,1-2H3,(H2,21,23). The topological polar surface area (TPSA) is 106 Å². The van der Waals surface area contributed by atoms with Crippen LogP contribution in [0.2, 0.25) is 5.02 Å². The van der Waals surface area contributed by atoms with Crippen molar-refractivity contribution in [3.63, 3.8) is 0 Å². The van der Waals surface area contributed by atoms with Crippen LogP contribution in [0.15, 0.2) is 36.4 Å². The Morgan fingerprint density at radius 1 is 1.31 bits per heavy atom. The molecule has 0 fully saturated rings. The molecular formula is C18H16ClN3O4. The van der Waals surface area contributed by atoms with Crippen molar-refractivity contribution in [2.24, 2.45) is 5.73 Å². The molecule has 0 aromatic heterocycles. The Bertz CT molecular complexity index is 892. The number of amides is 2. The maximum atomic E-state index is 12.8. The number of rotatable bonds is 6. The summed E-state index contributed by atoms with van der Waals surface area (Å²) in [6.45, 7) is -0.371. The molecule has 26 heavy (non-hydrogen) atoms. The van der Waals surface area contributed by atoms with Gasteiger partial charge >= 0.3 is 0 Å². The van der Waals surface area contributed by atoms with E-state index in [4.69, 9.17) is 32.1 Å². The van der Waals surface area contributed by atoms with Gasteiger partial charge in [0.05, 0.1) is 23.8 Å². The van der Waals surface area contributed by atoms with Crippen LogP contribution in [-0.2, 0) is 4.79 Å². The number of primary amides is 1. The second-order valence-electron chi connectivity index (χ2n) is 5.27. The molecule has 0 heterocycles. The van der Waals surface area contributed by atoms with E-state index in [0.29, 0.717) is 11.3 Å². The zero-order valence-electron chi connectivity index (χ0n) is 14.2. The van der Waals surface area contributed by atoms with Gasteiger partial charge in [0.2, 0.25) is 0 Å². The molecule has 0 radical (unpaired) electrons. The number of hydrogen-bond donors (Lipinski definition) is 1. The van der Waals surface area contributed by atoms with E-state index in [-0.39, 0.29) is 34.6 Å². The minimum Gasteiger partial charge on any atom is -0.493 e. The number of benzene rings is 2. The molecular weight excluding hydrogens is 358 g/mol. The number of nitrogens with two attached hydrogens (primary N) is 1. The van der Waals surface area contributed by atoms with E-state index in [1.54, 1.807) is 31.3 Å². The van der Waals surface area contributed by atoms with Crippen molar-refractivity contribution in [2.75, 3.05) is 25.7 Å². The molecule has 8 heteroatoms. The number of nitrogens with zero attached hydrogens (tertiary/aromatic N) is 2. The van der Waals surface area contributed by atoms with E-state index in [9.17, 15) is 9.59 Å². The second kappa shape index (κ2) is 8.23. The molecule has 0 bridgehead atoms. The first kappa shape index (κ1) is 19.1. The summed E-state index contributed by atoms with van der Waals surface area (Å²) in [6, 6.07) is 11.5. The number of carbonyl (C=O) groups is 2. The van der Waals surface area contributed by atoms with Gasteiger partial charge in [-0.1, -0.05) is 17.7 Å². The van der Waals surface area contributed by atoms with Crippen molar-refractivity contribution in [1.29, 1.82) is 5.26 Å². The number of halogens is 1. The highest BCUT2D eigenvalue weighted by Crippen LogP contribution is 2.37. The first-order valence-electron chi connectivity index (χ1n) is 7.44. The van der Waals surface area contributed by atoms with Crippen LogP contribution >= 0.6 is 11.6 Å². The average Bonchev–Trinajstić information content (AvgIpc) is 2.65. The van der Waals surface area contributed by atoms with E-state index in [0.717, 1.165) is 0 Å². The Hall–Kier alpha value is -3.24. The van der Waals surface area contributed by atoms with Crippen LogP contribution in [0.5, 0.6) is 11.5 Å². The van der Waals surface area contributed by atoms with Crippen LogP contribution in [0.1, 0.15) is 15.9 Å². The first-order chi connectivity index (χ1) is 12.4. The van der Waals surface area contributed by atoms with Crippen molar-refractivity contribution < 1.29 is 19.1 Å². The lowest BCUT2D eigenvalue weighted by Crippen LogP contribution is -2.26. The van der Waals surface area contributed by atoms with Gasteiger partial charge in [-0.3, -0.25) is 9.59 Å². The highest BCUT2D eigenvalue weighted by atomic mass is 35.5. The quantitative estimate of drug-likeness (QED) is 0.836. The molecule has 0 saturated heterocycles. The molecule has 0 unspecified atom stereocenters. The normalized spacial score (nSPS) is 9.92. The fraction of sp³-hybridized carbons (Fsp3) is 0.167. The molecule has 2 rings (SSSR count). The van der Waals surface area contributed by atoms with E-state index >= 15 is 0 Å². The third-order valence-corrected chi connectivity index (χ3v) is 3.78. The molecule has 0 aliphatic carbocycles. The van der Waals surface area contributed by atoms with Crippen LogP contribution in [0, 0.1) is 11.3 Å². The Balaban J connectivity index is 2.35. The van der Waals surface area contributed by atoms with Crippen LogP contribution in [0.25, 0.3) is 0 Å². The van der Waals surface area contributed by atoms with Crippen LogP contribution < -0.4 is 20.1 Å². The highest BCUT2D eigenvalue weighted by Gasteiger charge is 2.20. The first-order valence-corrected chi connectivity index (χ1v) is 7.82. The van der Waals surface area contributed by atoms with Gasteiger partial charge in [0.25, 0.3) is 11.8 Å². The van der Waals surface area contributed by atoms with Gasteiger partial charge in [-0.2, -0.15) is 5.26 Å². The largest absolute Gasteiger partial charge is 0.493 e. The van der Waals surface area contributed by atoms with Gasteiger partial charge in [0, 0.05) is 18.3 Å². The summed E-state index contributed by atoms with van der Waals surface area (Å²) in [5.41, 5.74) is 6.30. The van der Waals surface area contributed by atoms with Gasteiger partial charge in [-0.05, 0) is 30.3 Å². The Morgan fingerprint density at radius 3 is 2.65 bits per heavy atom. The molecule has 0 spiro atoms. The van der Waals surface area contributed by atoms with Crippen molar-refractivity contribution in [2.45, 2.75) is 0 Å². The van der Waals surface area contributed by atoms with E-state index in [1.807, 2.05) is 6.07 Å². The van der Waals surface area contributed by atoms with Crippen molar-refractivity contribution in [1.82, 2.24) is 0 Å². The number of nitriles is 1. The number of hydrogen-bond acceptors (Lipinski definition) is 5. The summed E-state index contributed by atoms with van der Waals surface area (Å²) in [4.78, 5) is 25.0. The lowest BCUT2D eigenvalue weighted by molar-refractivity contribution is -0.119. The summed E-state index contributed by atoms with van der Waals surface area (Å²) in [5, 5.41) is 9.09. The molecule has 2 N–H and O–H groups in total. The van der Waals surface area contributed by atoms with Crippen molar-refractivity contribution in [3.8, 4) is 17.6 Å². The van der Waals surface area contributed by atoms with Crippen LogP contribution in [0.3, 0.4) is 0 Å². The summed E-state index contributed by atoms with van der Waals surface area (Å²) >= 11 is 6.17. The lowest BCUT2D eigenvalue weighted by atomic mass is 10.1. The summed E-state index contributed by atoms with van der Waals surface area (Å²) in [7, 11) is 2.97. The van der Waals surface area contributed by atoms with Gasteiger partial charge < -0.3 is 20.1 Å². The monoisotopic (exact) mass is 373 g/mol. The summed E-state index contributed by atoms with van der Waals surface area (Å²) in [5.74, 6) is -0.706. The fourth-order valence-electron chi connectivity index (χ4n) is 2.22. The third-order valence-electron chi connectivity index (χ3n) is 3.50. The lowest BCUT2D eigenvalue weighted by Gasteiger charge is -2.19. The molecule has 2 amide bonds. The van der Waals surface area contributed by atoms with Gasteiger partial charge in [-0.15, -0.1) is 0 Å². The molecule has 0 atom stereocenters. The fourth-order valence-corrected chi connectivity index (χ4v) is 2.49. The van der Waals surface area contributed by atoms with E-state index in [1.165, 1.54) is 24.1 Å². The number of carbonyl (C=O) groups excluding carboxylic acids is 2. The predicted octanol–water partition coefficient (Wildman–Crippen LogP) is 2.36. The zero-order valence-corrected chi connectivity index (χ0v) is 14.9. The van der Waals surface area contributed by atoms with Crippen molar-refractivity contribution >= 4 is 29.1 Å². The Morgan fingerprint density at radius 2 is 2.04 bits per heavy atom. The maximum Gasteiger partial charge on any atom is 0.258 e. The SMILES string of the molecule is COc1cc(C(=O)N(C)c2cccc(C#N)c2)cc(Cl)c1OCC(N)=O. The maximum absolute atomic E-state index is 12.8. The predicted molar refractivity (Wildman–Crippen MR) is 96.6 cm³/mol. The van der Waals surface area contributed by atoms with Gasteiger partial charge in [0.15, 0.2) is 18.1 Å². The number of anilines is 1. The molecule has 0 saturated carbocycles. The second-order valence-corrected chi connectivity index (χ2v) is 5.68. The smallest absolute Gasteiger partial charge is 0.258 e. The van der Waals surface area contributed by atoms with E-state index < -0.39 is 5.91 Å². The van der Waals surface area contributed by atoms with Gasteiger partial charge in [-0.25, -0.2) is 0 Å². The summed E-state index contributed by atoms with van der Waals surface area (Å²) < 4.78 is 10.4. The Kier molecular flexibility index (Phi) is 6.04.